The minimum Gasteiger partial charge on any atom is -0.480 e. The second-order valence-electron chi connectivity index (χ2n) is 19.2. The van der Waals surface area contributed by atoms with Crippen LogP contribution in [0.4, 0.5) is 17.5 Å². The number of aryl methyl sites for hydroxylation is 1. The summed E-state index contributed by atoms with van der Waals surface area (Å²) in [6.45, 7) is 15.8. The van der Waals surface area contributed by atoms with Gasteiger partial charge in [0, 0.05) is 61.2 Å². The van der Waals surface area contributed by atoms with Gasteiger partial charge in [-0.25, -0.2) is 24.7 Å². The zero-order valence-electron chi connectivity index (χ0n) is 40.7. The number of amides is 2. The van der Waals surface area contributed by atoms with E-state index < -0.39 is 29.1 Å². The lowest BCUT2D eigenvalue weighted by atomic mass is 9.94. The molecule has 6 aromatic rings. The molecular formula is C50H68N12O7. The molecule has 0 fully saturated rings. The quantitative estimate of drug-likeness (QED) is 0.0270. The van der Waals surface area contributed by atoms with Gasteiger partial charge in [0.05, 0.1) is 41.7 Å². The molecule has 69 heavy (non-hydrogen) atoms. The van der Waals surface area contributed by atoms with Gasteiger partial charge in [0.15, 0.2) is 17.0 Å². The van der Waals surface area contributed by atoms with Crippen LogP contribution in [-0.4, -0.2) is 95.4 Å². The lowest BCUT2D eigenvalue weighted by Crippen LogP contribution is -2.40. The Morgan fingerprint density at radius 3 is 2.46 bits per heavy atom. The van der Waals surface area contributed by atoms with Gasteiger partial charge in [0.1, 0.15) is 17.4 Å². The number of H-pyrrole nitrogens is 1. The monoisotopic (exact) mass is 949 g/mol. The number of carboxylic acid groups (broad SMARTS) is 1. The fraction of sp³-hybridized carbons (Fsp3) is 0.500. The highest BCUT2D eigenvalue weighted by molar-refractivity contribution is 6.06. The molecule has 6 rings (SSSR count). The Morgan fingerprint density at radius 2 is 1.71 bits per heavy atom. The summed E-state index contributed by atoms with van der Waals surface area (Å²) in [5.74, 6) is -0.0609. The third-order valence-corrected chi connectivity index (χ3v) is 11.9. The SMILES string of the molecule is CCCCc1nc2c(N)nc3ccccc3c2n1CC(C)(C)COCC(C)CCOC(C)(C)CCC(=O)NCCCC[C@H](NC(=O)c1ccc(NCc2cnc3nc(N)[nH]c(=O)c3n2)cc1)C(=O)O. The van der Waals surface area contributed by atoms with Crippen LogP contribution in [0.1, 0.15) is 115 Å². The predicted molar refractivity (Wildman–Crippen MR) is 268 cm³/mol. The fourth-order valence-corrected chi connectivity index (χ4v) is 7.99. The Hall–Kier alpha value is -6.73. The molecule has 0 bridgehead atoms. The number of nitrogens with one attached hydrogen (secondary N) is 4. The first-order valence-corrected chi connectivity index (χ1v) is 23.8. The average molecular weight is 949 g/mol. The Morgan fingerprint density at radius 1 is 0.942 bits per heavy atom. The number of aromatic nitrogens is 7. The second kappa shape index (κ2) is 23.5. The van der Waals surface area contributed by atoms with Crippen molar-refractivity contribution in [3.8, 4) is 0 Å². The summed E-state index contributed by atoms with van der Waals surface area (Å²) < 4.78 is 14.9. The number of hydrogen-bond acceptors (Lipinski definition) is 14. The van der Waals surface area contributed by atoms with E-state index >= 15 is 0 Å². The van der Waals surface area contributed by atoms with Gasteiger partial charge >= 0.3 is 5.97 Å². The number of carbonyl (C=O) groups excluding carboxylic acids is 2. The molecule has 1 unspecified atom stereocenters. The molecule has 0 saturated heterocycles. The lowest BCUT2D eigenvalue weighted by molar-refractivity contribution is -0.139. The summed E-state index contributed by atoms with van der Waals surface area (Å²) in [5.41, 5.74) is 15.1. The van der Waals surface area contributed by atoms with E-state index in [0.29, 0.717) is 69.2 Å². The van der Waals surface area contributed by atoms with E-state index in [1.54, 1.807) is 24.3 Å². The number of nitrogens with zero attached hydrogens (tertiary/aromatic N) is 6. The molecule has 0 radical (unpaired) electrons. The minimum absolute atomic E-state index is 0.0463. The van der Waals surface area contributed by atoms with Crippen molar-refractivity contribution in [2.24, 2.45) is 11.3 Å². The molecule has 2 aromatic carbocycles. The van der Waals surface area contributed by atoms with E-state index in [9.17, 15) is 24.3 Å². The van der Waals surface area contributed by atoms with Gasteiger partial charge in [0.25, 0.3) is 11.5 Å². The first-order chi connectivity index (χ1) is 32.9. The van der Waals surface area contributed by atoms with E-state index in [1.807, 2.05) is 32.0 Å². The Balaban J connectivity index is 0.845. The van der Waals surface area contributed by atoms with E-state index in [0.717, 1.165) is 60.0 Å². The highest BCUT2D eigenvalue weighted by Gasteiger charge is 2.26. The second-order valence-corrected chi connectivity index (χ2v) is 19.2. The van der Waals surface area contributed by atoms with Crippen LogP contribution in [0.15, 0.2) is 59.5 Å². The van der Waals surface area contributed by atoms with Gasteiger partial charge in [-0.05, 0) is 88.6 Å². The summed E-state index contributed by atoms with van der Waals surface area (Å²) in [6, 6.07) is 13.5. The summed E-state index contributed by atoms with van der Waals surface area (Å²) >= 11 is 0. The molecule has 0 aliphatic rings. The van der Waals surface area contributed by atoms with Crippen molar-refractivity contribution in [2.75, 3.05) is 43.1 Å². The molecule has 19 nitrogen and oxygen atoms in total. The largest absolute Gasteiger partial charge is 0.480 e. The van der Waals surface area contributed by atoms with Crippen molar-refractivity contribution in [1.29, 1.82) is 0 Å². The first kappa shape index (κ1) is 51.7. The molecule has 2 atom stereocenters. The molecule has 0 saturated carbocycles. The summed E-state index contributed by atoms with van der Waals surface area (Å²) in [6.07, 6.45) is 7.33. The number of carbonyl (C=O) groups is 3. The number of benzene rings is 2. The van der Waals surface area contributed by atoms with Crippen LogP contribution in [0.25, 0.3) is 33.1 Å². The van der Waals surface area contributed by atoms with Gasteiger partial charge in [-0.15, -0.1) is 0 Å². The van der Waals surface area contributed by atoms with Gasteiger partial charge in [0.2, 0.25) is 11.9 Å². The number of aliphatic carboxylic acids is 1. The van der Waals surface area contributed by atoms with Crippen LogP contribution in [0.5, 0.6) is 0 Å². The topological polar surface area (TPSA) is 280 Å². The molecule has 2 amide bonds. The highest BCUT2D eigenvalue weighted by Crippen LogP contribution is 2.32. The van der Waals surface area contributed by atoms with Gasteiger partial charge < -0.3 is 46.6 Å². The van der Waals surface area contributed by atoms with Gasteiger partial charge in [-0.2, -0.15) is 4.98 Å². The van der Waals surface area contributed by atoms with Gasteiger partial charge in [-0.1, -0.05) is 52.3 Å². The van der Waals surface area contributed by atoms with E-state index in [1.165, 1.54) is 6.20 Å². The van der Waals surface area contributed by atoms with Crippen LogP contribution in [-0.2, 0) is 38.6 Å². The number of para-hydroxylation sites is 1. The zero-order chi connectivity index (χ0) is 49.7. The Bertz CT molecular complexity index is 2770. The van der Waals surface area contributed by atoms with Crippen molar-refractivity contribution < 1.29 is 29.0 Å². The molecular weight excluding hydrogens is 881 g/mol. The molecule has 0 aliphatic heterocycles. The number of nitrogen functional groups attached to an aromatic ring is 2. The molecule has 4 aromatic heterocycles. The third-order valence-electron chi connectivity index (χ3n) is 11.9. The van der Waals surface area contributed by atoms with Gasteiger partial charge in [-0.3, -0.25) is 19.4 Å². The predicted octanol–water partition coefficient (Wildman–Crippen LogP) is 6.54. The molecule has 0 aliphatic carbocycles. The number of carboxylic acids is 1. The third kappa shape index (κ3) is 14.6. The number of pyridine rings is 1. The molecule has 0 spiro atoms. The molecule has 4 heterocycles. The first-order valence-electron chi connectivity index (χ1n) is 23.8. The van der Waals surface area contributed by atoms with Crippen molar-refractivity contribution in [3.05, 3.63) is 82.2 Å². The number of fused-ring (bicyclic) bond motifs is 4. The number of aromatic amines is 1. The van der Waals surface area contributed by atoms with Crippen LogP contribution >= 0.6 is 0 Å². The summed E-state index contributed by atoms with van der Waals surface area (Å²) in [4.78, 5) is 74.2. The molecule has 370 valence electrons. The van der Waals surface area contributed by atoms with Crippen LogP contribution < -0.4 is 33.0 Å². The number of rotatable bonds is 27. The normalized spacial score (nSPS) is 12.9. The van der Waals surface area contributed by atoms with Crippen LogP contribution in [0.3, 0.4) is 0 Å². The number of unbranched alkanes of at least 4 members (excludes halogenated alkanes) is 2. The smallest absolute Gasteiger partial charge is 0.326 e. The van der Waals surface area contributed by atoms with E-state index in [4.69, 9.17) is 25.9 Å². The van der Waals surface area contributed by atoms with Crippen molar-refractivity contribution >= 4 is 68.3 Å². The standard InChI is InChI=1S/C50H68N12O7/c1-7-8-16-38-59-40-42(35-13-9-10-14-36(35)57-43(40)51)62(38)29-49(3,4)30-68-28-31(2)22-25-69-50(5,6)23-21-39(63)53-24-12-11-15-37(47(66)67)58-45(64)32-17-19-33(20-18-32)54-26-34-27-55-44-41(56-34)46(65)61-48(52)60-44/h9-10,13-14,17-20,27,31,37,54H,7-8,11-12,15-16,21-26,28-30H2,1-6H3,(H2,51,57)(H,53,63)(H,58,64)(H,66,67)(H3,52,55,60,61,65)/t31?,37-/m0/s1. The highest BCUT2D eigenvalue weighted by atomic mass is 16.5. The maximum absolute atomic E-state index is 12.9. The van der Waals surface area contributed by atoms with Crippen molar-refractivity contribution in [3.63, 3.8) is 0 Å². The van der Waals surface area contributed by atoms with Crippen LogP contribution in [0, 0.1) is 11.3 Å². The maximum Gasteiger partial charge on any atom is 0.326 e. The van der Waals surface area contributed by atoms with Crippen molar-refractivity contribution in [2.45, 2.75) is 124 Å². The lowest BCUT2D eigenvalue weighted by Gasteiger charge is -2.28. The number of anilines is 3. The summed E-state index contributed by atoms with van der Waals surface area (Å²) in [5, 5.41) is 19.5. The number of nitrogens with two attached hydrogens (primary N) is 2. The number of ether oxygens (including phenoxy) is 2. The van der Waals surface area contributed by atoms with Crippen molar-refractivity contribution in [1.82, 2.24) is 45.1 Å². The Labute approximate surface area is 402 Å². The molecule has 9 N–H and O–H groups in total. The maximum atomic E-state index is 12.9. The Kier molecular flexibility index (Phi) is 17.6. The molecule has 19 heteroatoms. The zero-order valence-corrected chi connectivity index (χ0v) is 40.7. The van der Waals surface area contributed by atoms with Crippen LogP contribution in [0.2, 0.25) is 0 Å². The average Bonchev–Trinajstić information content (AvgIpc) is 3.66. The fourth-order valence-electron chi connectivity index (χ4n) is 7.99. The number of hydrogen-bond donors (Lipinski definition) is 7. The van der Waals surface area contributed by atoms with E-state index in [-0.39, 0.29) is 52.9 Å². The minimum atomic E-state index is -1.14. The number of imidazole rings is 1. The summed E-state index contributed by atoms with van der Waals surface area (Å²) in [7, 11) is 0. The van der Waals surface area contributed by atoms with E-state index in [2.05, 4.69) is 79.2 Å².